The van der Waals surface area contributed by atoms with Crippen LogP contribution in [0.4, 0.5) is 0 Å². The molecule has 0 aliphatic carbocycles. The third-order valence-electron chi connectivity index (χ3n) is 4.16. The van der Waals surface area contributed by atoms with Gasteiger partial charge in [-0.2, -0.15) is 13.5 Å². The Morgan fingerprint density at radius 3 is 2.52 bits per heavy atom. The summed E-state index contributed by atoms with van der Waals surface area (Å²) in [6.45, 7) is 1.87. The smallest absolute Gasteiger partial charge is 0.339 e. The second-order valence-electron chi connectivity index (χ2n) is 6.47. The number of hydrogen-bond donors (Lipinski definition) is 1. The highest BCUT2D eigenvalue weighted by atomic mass is 79.9. The van der Waals surface area contributed by atoms with Gasteiger partial charge in [0.25, 0.3) is 5.91 Å². The Kier molecular flexibility index (Phi) is 7.09. The van der Waals surface area contributed by atoms with Crippen LogP contribution in [0.15, 0.2) is 81.2 Å². The molecule has 3 aromatic carbocycles. The number of hydrogen-bond acceptors (Lipinski definition) is 6. The lowest BCUT2D eigenvalue weighted by molar-refractivity contribution is 0.0952. The first-order valence-corrected chi connectivity index (χ1v) is 11.3. The Hall–Kier alpha value is -3.17. The second-order valence-corrected chi connectivity index (χ2v) is 8.93. The first kappa shape index (κ1) is 22.5. The molecule has 0 radical (unpaired) electrons. The van der Waals surface area contributed by atoms with Gasteiger partial charge in [-0.15, -0.1) is 0 Å². The van der Waals surface area contributed by atoms with Gasteiger partial charge in [0.05, 0.1) is 18.9 Å². The number of ether oxygens (including phenoxy) is 1. The Morgan fingerprint density at radius 2 is 1.81 bits per heavy atom. The number of methoxy groups -OCH3 is 1. The van der Waals surface area contributed by atoms with Crippen LogP contribution in [0.25, 0.3) is 0 Å². The predicted octanol–water partition coefficient (Wildman–Crippen LogP) is 4.30. The van der Waals surface area contributed by atoms with E-state index in [1.165, 1.54) is 37.6 Å². The fourth-order valence-corrected chi connectivity index (χ4v) is 3.89. The monoisotopic (exact) mass is 502 g/mol. The highest BCUT2D eigenvalue weighted by Crippen LogP contribution is 2.23. The number of carbonyl (C=O) groups is 1. The molecule has 0 bridgehead atoms. The van der Waals surface area contributed by atoms with Gasteiger partial charge < -0.3 is 8.92 Å². The molecule has 9 heteroatoms. The van der Waals surface area contributed by atoms with Crippen LogP contribution in [0.3, 0.4) is 0 Å². The van der Waals surface area contributed by atoms with Crippen molar-refractivity contribution in [3.63, 3.8) is 0 Å². The van der Waals surface area contributed by atoms with Gasteiger partial charge >= 0.3 is 10.1 Å². The maximum absolute atomic E-state index is 12.4. The van der Waals surface area contributed by atoms with Crippen LogP contribution in [0.5, 0.6) is 11.5 Å². The summed E-state index contributed by atoms with van der Waals surface area (Å²) < 4.78 is 36.0. The van der Waals surface area contributed by atoms with E-state index in [-0.39, 0.29) is 10.6 Å². The van der Waals surface area contributed by atoms with Crippen molar-refractivity contribution >= 4 is 38.2 Å². The predicted molar refractivity (Wildman–Crippen MR) is 121 cm³/mol. The highest BCUT2D eigenvalue weighted by Gasteiger charge is 2.16. The molecule has 0 aromatic heterocycles. The third-order valence-corrected chi connectivity index (χ3v) is 5.91. The fraction of sp³-hybridized carbons (Fsp3) is 0.0909. The van der Waals surface area contributed by atoms with Crippen LogP contribution in [0.2, 0.25) is 0 Å². The summed E-state index contributed by atoms with van der Waals surface area (Å²) in [4.78, 5) is 12.4. The van der Waals surface area contributed by atoms with Crippen molar-refractivity contribution in [2.24, 2.45) is 5.10 Å². The average molecular weight is 503 g/mol. The maximum Gasteiger partial charge on any atom is 0.339 e. The Balaban J connectivity index is 1.70. The van der Waals surface area contributed by atoms with Crippen LogP contribution in [-0.4, -0.2) is 27.6 Å². The van der Waals surface area contributed by atoms with E-state index in [0.717, 1.165) is 10.0 Å². The second kappa shape index (κ2) is 9.76. The van der Waals surface area contributed by atoms with Gasteiger partial charge in [0.1, 0.15) is 16.4 Å². The molecule has 0 aliphatic heterocycles. The lowest BCUT2D eigenvalue weighted by Gasteiger charge is -2.08. The molecule has 0 atom stereocenters. The molecule has 1 N–H and O–H groups in total. The molecule has 0 fully saturated rings. The lowest BCUT2D eigenvalue weighted by Crippen LogP contribution is -2.18. The zero-order chi connectivity index (χ0) is 22.4. The molecule has 3 aromatic rings. The van der Waals surface area contributed by atoms with Gasteiger partial charge in [-0.3, -0.25) is 4.79 Å². The van der Waals surface area contributed by atoms with Crippen molar-refractivity contribution in [1.82, 2.24) is 5.43 Å². The van der Waals surface area contributed by atoms with Gasteiger partial charge in [0, 0.05) is 4.47 Å². The first-order chi connectivity index (χ1) is 14.8. The molecular formula is C22H19BrN2O5S. The SMILES string of the molecule is COc1ccc(Br)cc1C(=O)N/N=C\c1cccc(OS(=O)(=O)c2ccc(C)cc2)c1. The fourth-order valence-electron chi connectivity index (χ4n) is 2.61. The van der Waals surface area contributed by atoms with Crippen LogP contribution in [-0.2, 0) is 10.1 Å². The largest absolute Gasteiger partial charge is 0.496 e. The first-order valence-electron chi connectivity index (χ1n) is 9.06. The summed E-state index contributed by atoms with van der Waals surface area (Å²) in [6, 6.07) is 17.8. The molecular weight excluding hydrogens is 484 g/mol. The topological polar surface area (TPSA) is 94.1 Å². The summed E-state index contributed by atoms with van der Waals surface area (Å²) in [5.41, 5.74) is 4.22. The van der Waals surface area contributed by atoms with Gasteiger partial charge in [-0.25, -0.2) is 5.43 Å². The van der Waals surface area contributed by atoms with Gasteiger partial charge in [0.2, 0.25) is 0 Å². The van der Waals surface area contributed by atoms with E-state index >= 15 is 0 Å². The van der Waals surface area contributed by atoms with Crippen molar-refractivity contribution in [1.29, 1.82) is 0 Å². The lowest BCUT2D eigenvalue weighted by atomic mass is 10.2. The molecule has 7 nitrogen and oxygen atoms in total. The number of benzene rings is 3. The standard InChI is InChI=1S/C22H19BrN2O5S/c1-15-6-9-19(10-7-15)31(27,28)30-18-5-3-4-16(12-18)14-24-25-22(26)20-13-17(23)8-11-21(20)29-2/h3-14H,1-2H3,(H,25,26)/b24-14-. The summed E-state index contributed by atoms with van der Waals surface area (Å²) in [6.07, 6.45) is 1.38. The molecule has 160 valence electrons. The number of halogens is 1. The number of hydrazone groups is 1. The summed E-state index contributed by atoms with van der Waals surface area (Å²) in [7, 11) is -2.49. The van der Waals surface area contributed by atoms with Crippen molar-refractivity contribution in [3.05, 3.63) is 87.9 Å². The summed E-state index contributed by atoms with van der Waals surface area (Å²) in [5, 5.41) is 3.93. The number of amides is 1. The third kappa shape index (κ3) is 5.93. The van der Waals surface area contributed by atoms with E-state index in [9.17, 15) is 13.2 Å². The van der Waals surface area contributed by atoms with Gasteiger partial charge in [-0.1, -0.05) is 45.8 Å². The Morgan fingerprint density at radius 1 is 1.06 bits per heavy atom. The van der Waals surface area contributed by atoms with Crippen molar-refractivity contribution in [2.75, 3.05) is 7.11 Å². The van der Waals surface area contributed by atoms with Crippen molar-refractivity contribution < 1.29 is 22.1 Å². The van der Waals surface area contributed by atoms with E-state index in [1.807, 2.05) is 6.92 Å². The highest BCUT2D eigenvalue weighted by molar-refractivity contribution is 9.10. The van der Waals surface area contributed by atoms with Crippen molar-refractivity contribution in [2.45, 2.75) is 11.8 Å². The maximum atomic E-state index is 12.4. The van der Waals surface area contributed by atoms with E-state index < -0.39 is 16.0 Å². The molecule has 0 saturated carbocycles. The number of nitrogens with one attached hydrogen (secondary N) is 1. The minimum atomic E-state index is -3.96. The van der Waals surface area contributed by atoms with E-state index in [2.05, 4.69) is 26.5 Å². The number of carbonyl (C=O) groups excluding carboxylic acids is 1. The Bertz CT molecular complexity index is 1220. The number of nitrogens with zero attached hydrogens (tertiary/aromatic N) is 1. The minimum Gasteiger partial charge on any atom is -0.496 e. The molecule has 0 aliphatic rings. The molecule has 1 amide bonds. The van der Waals surface area contributed by atoms with E-state index in [4.69, 9.17) is 8.92 Å². The molecule has 0 heterocycles. The van der Waals surface area contributed by atoms with Gasteiger partial charge in [0.15, 0.2) is 0 Å². The summed E-state index contributed by atoms with van der Waals surface area (Å²) >= 11 is 3.31. The molecule has 31 heavy (non-hydrogen) atoms. The van der Waals surface area contributed by atoms with Crippen LogP contribution >= 0.6 is 15.9 Å². The normalized spacial score (nSPS) is 11.3. The zero-order valence-corrected chi connectivity index (χ0v) is 19.1. The quantitative estimate of drug-likeness (QED) is 0.295. The Labute approximate surface area is 189 Å². The molecule has 0 unspecified atom stereocenters. The molecule has 0 saturated heterocycles. The number of rotatable bonds is 7. The minimum absolute atomic E-state index is 0.0624. The summed E-state index contributed by atoms with van der Waals surface area (Å²) in [5.74, 6) is 0.0841. The van der Waals surface area contributed by atoms with Crippen LogP contribution in [0, 0.1) is 6.92 Å². The molecule has 0 spiro atoms. The van der Waals surface area contributed by atoms with E-state index in [1.54, 1.807) is 42.5 Å². The molecule has 3 rings (SSSR count). The van der Waals surface area contributed by atoms with E-state index in [0.29, 0.717) is 16.9 Å². The van der Waals surface area contributed by atoms with Crippen LogP contribution in [0.1, 0.15) is 21.5 Å². The van der Waals surface area contributed by atoms with Gasteiger partial charge in [-0.05, 0) is 55.0 Å². The zero-order valence-electron chi connectivity index (χ0n) is 16.7. The average Bonchev–Trinajstić information content (AvgIpc) is 2.74. The number of aryl methyl sites for hydroxylation is 1. The van der Waals surface area contributed by atoms with Crippen LogP contribution < -0.4 is 14.3 Å². The van der Waals surface area contributed by atoms with Crippen molar-refractivity contribution in [3.8, 4) is 11.5 Å².